The first-order valence-electron chi connectivity index (χ1n) is 6.50. The fourth-order valence-corrected chi connectivity index (χ4v) is 2.63. The summed E-state index contributed by atoms with van der Waals surface area (Å²) in [5.74, 6) is -1.92. The van der Waals surface area contributed by atoms with Crippen molar-refractivity contribution in [2.75, 3.05) is 11.4 Å². The summed E-state index contributed by atoms with van der Waals surface area (Å²) in [6, 6.07) is 12.4. The van der Waals surface area contributed by atoms with Crippen molar-refractivity contribution in [1.29, 1.82) is 0 Å². The van der Waals surface area contributed by atoms with Crippen LogP contribution in [0, 0.1) is 5.82 Å². The molecule has 1 aliphatic heterocycles. The molecule has 0 aliphatic carbocycles. The standard InChI is InChI=1S/C16H14FNO2/c17-14-6-5-11(9-13(14)16(19)20)10-18-8-7-12-3-1-2-4-15(12)18/h1-6,9H,7-8,10H2,(H,19,20). The van der Waals surface area contributed by atoms with Gasteiger partial charge in [-0.15, -0.1) is 0 Å². The van der Waals surface area contributed by atoms with Gasteiger partial charge in [-0.2, -0.15) is 0 Å². The Kier molecular flexibility index (Phi) is 3.14. The summed E-state index contributed by atoms with van der Waals surface area (Å²) in [7, 11) is 0. The predicted octanol–water partition coefficient (Wildman–Crippen LogP) is 3.09. The van der Waals surface area contributed by atoms with Gasteiger partial charge < -0.3 is 10.0 Å². The molecule has 0 spiro atoms. The Balaban J connectivity index is 1.86. The van der Waals surface area contributed by atoms with Gasteiger partial charge in [0.25, 0.3) is 0 Å². The number of benzene rings is 2. The van der Waals surface area contributed by atoms with Crippen molar-refractivity contribution in [3.8, 4) is 0 Å². The first kappa shape index (κ1) is 12.7. The van der Waals surface area contributed by atoms with Crippen LogP contribution in [0.2, 0.25) is 0 Å². The maximum absolute atomic E-state index is 13.4. The van der Waals surface area contributed by atoms with E-state index in [0.717, 1.165) is 18.5 Å². The minimum atomic E-state index is -1.23. The van der Waals surface area contributed by atoms with Gasteiger partial charge in [-0.1, -0.05) is 24.3 Å². The topological polar surface area (TPSA) is 40.5 Å². The van der Waals surface area contributed by atoms with E-state index < -0.39 is 11.8 Å². The SMILES string of the molecule is O=C(O)c1cc(CN2CCc3ccccc32)ccc1F. The second kappa shape index (κ2) is 4.96. The Hall–Kier alpha value is -2.36. The molecule has 4 heteroatoms. The zero-order chi connectivity index (χ0) is 14.1. The van der Waals surface area contributed by atoms with Gasteiger partial charge >= 0.3 is 5.97 Å². The van der Waals surface area contributed by atoms with E-state index in [2.05, 4.69) is 17.0 Å². The van der Waals surface area contributed by atoms with Crippen LogP contribution in [0.5, 0.6) is 0 Å². The van der Waals surface area contributed by atoms with Crippen LogP contribution in [0.1, 0.15) is 21.5 Å². The number of hydrogen-bond donors (Lipinski definition) is 1. The number of nitrogens with zero attached hydrogens (tertiary/aromatic N) is 1. The van der Waals surface area contributed by atoms with E-state index in [4.69, 9.17) is 5.11 Å². The summed E-state index contributed by atoms with van der Waals surface area (Å²) in [6.07, 6.45) is 0.989. The van der Waals surface area contributed by atoms with E-state index in [1.165, 1.54) is 23.4 Å². The van der Waals surface area contributed by atoms with Crippen LogP contribution in [-0.4, -0.2) is 17.6 Å². The molecule has 0 fully saturated rings. The molecule has 3 rings (SSSR count). The third kappa shape index (κ3) is 2.25. The summed E-state index contributed by atoms with van der Waals surface area (Å²) >= 11 is 0. The number of rotatable bonds is 3. The normalized spacial score (nSPS) is 13.3. The molecule has 1 aliphatic rings. The van der Waals surface area contributed by atoms with Crippen molar-refractivity contribution < 1.29 is 14.3 Å². The molecule has 0 saturated heterocycles. The summed E-state index contributed by atoms with van der Waals surface area (Å²) < 4.78 is 13.4. The van der Waals surface area contributed by atoms with Crippen molar-refractivity contribution >= 4 is 11.7 Å². The number of carboxylic acid groups (broad SMARTS) is 1. The zero-order valence-corrected chi connectivity index (χ0v) is 10.8. The maximum atomic E-state index is 13.4. The molecule has 0 radical (unpaired) electrons. The number of aromatic carboxylic acids is 1. The average molecular weight is 271 g/mol. The Labute approximate surface area is 116 Å². The third-order valence-electron chi connectivity index (χ3n) is 3.62. The zero-order valence-electron chi connectivity index (χ0n) is 10.8. The van der Waals surface area contributed by atoms with Crippen LogP contribution < -0.4 is 4.90 Å². The second-order valence-electron chi connectivity index (χ2n) is 4.92. The number of carbonyl (C=O) groups is 1. The smallest absolute Gasteiger partial charge is 0.338 e. The molecule has 2 aromatic rings. The van der Waals surface area contributed by atoms with Crippen molar-refractivity contribution in [2.24, 2.45) is 0 Å². The van der Waals surface area contributed by atoms with E-state index in [-0.39, 0.29) is 5.56 Å². The molecule has 0 atom stereocenters. The van der Waals surface area contributed by atoms with Crippen LogP contribution in [0.25, 0.3) is 0 Å². The molecular weight excluding hydrogens is 257 g/mol. The van der Waals surface area contributed by atoms with Gasteiger partial charge in [-0.3, -0.25) is 0 Å². The first-order chi connectivity index (χ1) is 9.65. The van der Waals surface area contributed by atoms with Gasteiger partial charge in [0.1, 0.15) is 5.82 Å². The molecular formula is C16H14FNO2. The number of halogens is 1. The van der Waals surface area contributed by atoms with Crippen LogP contribution in [0.4, 0.5) is 10.1 Å². The lowest BCUT2D eigenvalue weighted by atomic mass is 10.1. The average Bonchev–Trinajstić information content (AvgIpc) is 2.84. The second-order valence-corrected chi connectivity index (χ2v) is 4.92. The number of carboxylic acids is 1. The highest BCUT2D eigenvalue weighted by molar-refractivity contribution is 5.88. The molecule has 0 amide bonds. The van der Waals surface area contributed by atoms with Crippen LogP contribution in [-0.2, 0) is 13.0 Å². The number of anilines is 1. The van der Waals surface area contributed by atoms with Crippen molar-refractivity contribution in [1.82, 2.24) is 0 Å². The van der Waals surface area contributed by atoms with Crippen molar-refractivity contribution in [2.45, 2.75) is 13.0 Å². The van der Waals surface area contributed by atoms with Crippen LogP contribution >= 0.6 is 0 Å². The fourth-order valence-electron chi connectivity index (χ4n) is 2.63. The van der Waals surface area contributed by atoms with E-state index in [9.17, 15) is 9.18 Å². The Morgan fingerprint density at radius 3 is 2.85 bits per heavy atom. The summed E-state index contributed by atoms with van der Waals surface area (Å²) in [4.78, 5) is 13.1. The number of hydrogen-bond acceptors (Lipinski definition) is 2. The molecule has 2 aromatic carbocycles. The fraction of sp³-hybridized carbons (Fsp3) is 0.188. The van der Waals surface area contributed by atoms with Crippen molar-refractivity contribution in [3.63, 3.8) is 0 Å². The quantitative estimate of drug-likeness (QED) is 0.932. The monoisotopic (exact) mass is 271 g/mol. The minimum Gasteiger partial charge on any atom is -0.478 e. The van der Waals surface area contributed by atoms with Crippen molar-refractivity contribution in [3.05, 3.63) is 65.0 Å². The lowest BCUT2D eigenvalue weighted by molar-refractivity contribution is 0.0691. The van der Waals surface area contributed by atoms with E-state index >= 15 is 0 Å². The van der Waals surface area contributed by atoms with Gasteiger partial charge in [0.05, 0.1) is 5.56 Å². The van der Waals surface area contributed by atoms with Crippen LogP contribution in [0.15, 0.2) is 42.5 Å². The lowest BCUT2D eigenvalue weighted by Crippen LogP contribution is -2.20. The van der Waals surface area contributed by atoms with E-state index in [1.807, 2.05) is 12.1 Å². The summed E-state index contributed by atoms with van der Waals surface area (Å²) in [5, 5.41) is 8.96. The Bertz CT molecular complexity index is 669. The molecule has 3 nitrogen and oxygen atoms in total. The minimum absolute atomic E-state index is 0.269. The maximum Gasteiger partial charge on any atom is 0.338 e. The van der Waals surface area contributed by atoms with Gasteiger partial charge in [-0.25, -0.2) is 9.18 Å². The van der Waals surface area contributed by atoms with Gasteiger partial charge in [0.2, 0.25) is 0 Å². The number of para-hydroxylation sites is 1. The van der Waals surface area contributed by atoms with Crippen LogP contribution in [0.3, 0.4) is 0 Å². The van der Waals surface area contributed by atoms with E-state index in [0.29, 0.717) is 6.54 Å². The van der Waals surface area contributed by atoms with Gasteiger partial charge in [0.15, 0.2) is 0 Å². The highest BCUT2D eigenvalue weighted by Gasteiger charge is 2.19. The molecule has 0 aromatic heterocycles. The molecule has 1 heterocycles. The highest BCUT2D eigenvalue weighted by atomic mass is 19.1. The molecule has 0 saturated carbocycles. The largest absolute Gasteiger partial charge is 0.478 e. The molecule has 0 bridgehead atoms. The number of fused-ring (bicyclic) bond motifs is 1. The molecule has 20 heavy (non-hydrogen) atoms. The molecule has 102 valence electrons. The lowest BCUT2D eigenvalue weighted by Gasteiger charge is -2.19. The summed E-state index contributed by atoms with van der Waals surface area (Å²) in [6.45, 7) is 1.50. The molecule has 1 N–H and O–H groups in total. The highest BCUT2D eigenvalue weighted by Crippen LogP contribution is 2.29. The first-order valence-corrected chi connectivity index (χ1v) is 6.50. The Morgan fingerprint density at radius 1 is 1.25 bits per heavy atom. The molecule has 0 unspecified atom stereocenters. The van der Waals surface area contributed by atoms with E-state index in [1.54, 1.807) is 6.07 Å². The van der Waals surface area contributed by atoms with Gasteiger partial charge in [0, 0.05) is 18.8 Å². The Morgan fingerprint density at radius 2 is 2.05 bits per heavy atom. The summed E-state index contributed by atoms with van der Waals surface area (Å²) in [5.41, 5.74) is 3.01. The third-order valence-corrected chi connectivity index (χ3v) is 3.62. The predicted molar refractivity (Wildman–Crippen MR) is 74.6 cm³/mol. The van der Waals surface area contributed by atoms with Gasteiger partial charge in [-0.05, 0) is 35.7 Å².